The SMILES string of the molecule is O=c1[nH]cc(CCl)c2scc(Br)c12. The Balaban J connectivity index is 2.95. The fourth-order valence-corrected chi connectivity index (χ4v) is 3.20. The summed E-state index contributed by atoms with van der Waals surface area (Å²) in [7, 11) is 0. The molecule has 2 rings (SSSR count). The first-order chi connectivity index (χ1) is 6.24. The Bertz CT molecular complexity index is 504. The molecular weight excluding hydrogens is 274 g/mol. The summed E-state index contributed by atoms with van der Waals surface area (Å²) >= 11 is 10.6. The normalized spacial score (nSPS) is 10.9. The van der Waals surface area contributed by atoms with E-state index >= 15 is 0 Å². The van der Waals surface area contributed by atoms with Gasteiger partial charge in [-0.1, -0.05) is 0 Å². The van der Waals surface area contributed by atoms with Crippen LogP contribution in [0.25, 0.3) is 10.1 Å². The number of halogens is 2. The van der Waals surface area contributed by atoms with E-state index in [1.807, 2.05) is 5.38 Å². The van der Waals surface area contributed by atoms with Crippen LogP contribution in [0.4, 0.5) is 0 Å². The summed E-state index contributed by atoms with van der Waals surface area (Å²) in [5, 5.41) is 2.60. The standard InChI is InChI=1S/C8H5BrClNOS/c9-5-3-13-7-4(1-10)2-11-8(12)6(5)7/h2-3H,1H2,(H,11,12). The van der Waals surface area contributed by atoms with Crippen molar-refractivity contribution in [1.82, 2.24) is 4.98 Å². The number of pyridine rings is 1. The van der Waals surface area contributed by atoms with E-state index in [0.717, 1.165) is 14.7 Å². The van der Waals surface area contributed by atoms with Gasteiger partial charge in [0.1, 0.15) is 0 Å². The van der Waals surface area contributed by atoms with Gasteiger partial charge >= 0.3 is 0 Å². The molecule has 0 spiro atoms. The zero-order chi connectivity index (χ0) is 9.42. The molecule has 0 fully saturated rings. The van der Waals surface area contributed by atoms with E-state index in [4.69, 9.17) is 11.6 Å². The molecule has 0 aliphatic rings. The second-order valence-corrected chi connectivity index (χ2v) is 4.57. The van der Waals surface area contributed by atoms with Gasteiger partial charge in [0.2, 0.25) is 0 Å². The van der Waals surface area contributed by atoms with Crippen molar-refractivity contribution >= 4 is 49.0 Å². The summed E-state index contributed by atoms with van der Waals surface area (Å²) in [5.74, 6) is 0.417. The van der Waals surface area contributed by atoms with Crippen LogP contribution in [0.2, 0.25) is 0 Å². The van der Waals surface area contributed by atoms with Crippen LogP contribution < -0.4 is 5.56 Å². The lowest BCUT2D eigenvalue weighted by Crippen LogP contribution is -2.05. The van der Waals surface area contributed by atoms with Gasteiger partial charge in [0.05, 0.1) is 11.3 Å². The van der Waals surface area contributed by atoms with E-state index in [1.54, 1.807) is 6.20 Å². The summed E-state index contributed by atoms with van der Waals surface area (Å²) < 4.78 is 1.80. The average Bonchev–Trinajstić information content (AvgIpc) is 2.50. The molecule has 0 unspecified atom stereocenters. The predicted molar refractivity (Wildman–Crippen MR) is 59.7 cm³/mol. The van der Waals surface area contributed by atoms with E-state index in [-0.39, 0.29) is 5.56 Å². The molecule has 0 radical (unpaired) electrons. The molecular formula is C8H5BrClNOS. The number of hydrogen-bond acceptors (Lipinski definition) is 2. The third kappa shape index (κ3) is 1.43. The fraction of sp³-hybridized carbons (Fsp3) is 0.125. The molecule has 0 aliphatic heterocycles. The summed E-state index contributed by atoms with van der Waals surface area (Å²) in [5.41, 5.74) is 0.893. The Kier molecular flexibility index (Phi) is 2.45. The van der Waals surface area contributed by atoms with Crippen molar-refractivity contribution in [3.05, 3.63) is 32.0 Å². The highest BCUT2D eigenvalue weighted by Gasteiger charge is 2.08. The predicted octanol–water partition coefficient (Wildman–Crippen LogP) is 3.09. The van der Waals surface area contributed by atoms with Gasteiger partial charge in [0.25, 0.3) is 5.56 Å². The summed E-state index contributed by atoms with van der Waals surface area (Å²) in [6, 6.07) is 0. The topological polar surface area (TPSA) is 32.9 Å². The van der Waals surface area contributed by atoms with Gasteiger partial charge in [-0.3, -0.25) is 4.79 Å². The van der Waals surface area contributed by atoms with Crippen molar-refractivity contribution in [3.8, 4) is 0 Å². The lowest BCUT2D eigenvalue weighted by Gasteiger charge is -1.96. The maximum absolute atomic E-state index is 11.4. The second kappa shape index (κ2) is 3.44. The lowest BCUT2D eigenvalue weighted by atomic mass is 10.2. The number of nitrogens with one attached hydrogen (secondary N) is 1. The Labute approximate surface area is 91.7 Å². The zero-order valence-corrected chi connectivity index (χ0v) is 9.59. The van der Waals surface area contributed by atoms with Crippen LogP contribution in [0, 0.1) is 0 Å². The maximum Gasteiger partial charge on any atom is 0.257 e. The number of hydrogen-bond donors (Lipinski definition) is 1. The first-order valence-corrected chi connectivity index (χ1v) is 5.78. The van der Waals surface area contributed by atoms with Crippen LogP contribution in [-0.2, 0) is 5.88 Å². The summed E-state index contributed by atoms with van der Waals surface area (Å²) in [6.07, 6.45) is 1.67. The van der Waals surface area contributed by atoms with Crippen molar-refractivity contribution in [3.63, 3.8) is 0 Å². The van der Waals surface area contributed by atoms with E-state index < -0.39 is 0 Å². The van der Waals surface area contributed by atoms with Crippen LogP contribution in [0.1, 0.15) is 5.56 Å². The molecule has 2 nitrogen and oxygen atoms in total. The molecule has 0 atom stereocenters. The average molecular weight is 279 g/mol. The van der Waals surface area contributed by atoms with Crippen LogP contribution in [0.5, 0.6) is 0 Å². The Morgan fingerprint density at radius 3 is 3.08 bits per heavy atom. The number of thiophene rings is 1. The van der Waals surface area contributed by atoms with Gasteiger partial charge in [-0.2, -0.15) is 0 Å². The quantitative estimate of drug-likeness (QED) is 0.799. The van der Waals surface area contributed by atoms with E-state index in [0.29, 0.717) is 11.3 Å². The smallest absolute Gasteiger partial charge is 0.257 e. The van der Waals surface area contributed by atoms with Crippen LogP contribution in [0.3, 0.4) is 0 Å². The number of fused-ring (bicyclic) bond motifs is 1. The van der Waals surface area contributed by atoms with Crippen molar-refractivity contribution in [1.29, 1.82) is 0 Å². The molecule has 2 aromatic rings. The Hall–Kier alpha value is -0.320. The van der Waals surface area contributed by atoms with Crippen molar-refractivity contribution < 1.29 is 0 Å². The minimum Gasteiger partial charge on any atom is -0.328 e. The molecule has 2 heterocycles. The molecule has 0 saturated heterocycles. The highest BCUT2D eigenvalue weighted by molar-refractivity contribution is 9.10. The number of aromatic amines is 1. The molecule has 0 aliphatic carbocycles. The third-order valence-electron chi connectivity index (χ3n) is 1.79. The van der Waals surface area contributed by atoms with Gasteiger partial charge in [0, 0.05) is 26.3 Å². The van der Waals surface area contributed by atoms with Gasteiger partial charge < -0.3 is 4.98 Å². The Morgan fingerprint density at radius 1 is 1.62 bits per heavy atom. The molecule has 0 saturated carbocycles. The minimum atomic E-state index is -0.0722. The van der Waals surface area contributed by atoms with Gasteiger partial charge in [0.15, 0.2) is 0 Å². The van der Waals surface area contributed by atoms with Crippen molar-refractivity contribution in [2.24, 2.45) is 0 Å². The molecule has 0 aromatic carbocycles. The minimum absolute atomic E-state index is 0.0722. The van der Waals surface area contributed by atoms with E-state index in [1.165, 1.54) is 11.3 Å². The van der Waals surface area contributed by atoms with Crippen molar-refractivity contribution in [2.45, 2.75) is 5.88 Å². The zero-order valence-electron chi connectivity index (χ0n) is 6.43. The molecule has 68 valence electrons. The summed E-state index contributed by atoms with van der Waals surface area (Å²) in [6.45, 7) is 0. The van der Waals surface area contributed by atoms with Gasteiger partial charge in [-0.15, -0.1) is 22.9 Å². The highest BCUT2D eigenvalue weighted by Crippen LogP contribution is 2.30. The van der Waals surface area contributed by atoms with Crippen molar-refractivity contribution in [2.75, 3.05) is 0 Å². The van der Waals surface area contributed by atoms with Crippen LogP contribution in [0.15, 0.2) is 20.8 Å². The molecule has 13 heavy (non-hydrogen) atoms. The molecule has 1 N–H and O–H groups in total. The second-order valence-electron chi connectivity index (χ2n) is 2.56. The summed E-state index contributed by atoms with van der Waals surface area (Å²) in [4.78, 5) is 14.1. The number of rotatable bonds is 1. The first-order valence-electron chi connectivity index (χ1n) is 3.57. The van der Waals surface area contributed by atoms with E-state index in [9.17, 15) is 4.79 Å². The molecule has 0 bridgehead atoms. The maximum atomic E-state index is 11.4. The monoisotopic (exact) mass is 277 g/mol. The number of H-pyrrole nitrogens is 1. The van der Waals surface area contributed by atoms with Crippen LogP contribution in [-0.4, -0.2) is 4.98 Å². The van der Waals surface area contributed by atoms with Gasteiger partial charge in [-0.05, 0) is 15.9 Å². The van der Waals surface area contributed by atoms with Gasteiger partial charge in [-0.25, -0.2) is 0 Å². The highest BCUT2D eigenvalue weighted by atomic mass is 79.9. The van der Waals surface area contributed by atoms with Crippen LogP contribution >= 0.6 is 38.9 Å². The number of alkyl halides is 1. The third-order valence-corrected chi connectivity index (χ3v) is 4.06. The Morgan fingerprint density at radius 2 is 2.38 bits per heavy atom. The molecule has 0 amide bonds. The fourth-order valence-electron chi connectivity index (χ4n) is 1.17. The number of aromatic nitrogens is 1. The molecule has 5 heteroatoms. The first kappa shape index (κ1) is 9.24. The largest absolute Gasteiger partial charge is 0.328 e. The lowest BCUT2D eigenvalue weighted by molar-refractivity contribution is 1.23. The van der Waals surface area contributed by atoms with E-state index in [2.05, 4.69) is 20.9 Å². The molecule has 2 aromatic heterocycles.